The van der Waals surface area contributed by atoms with Crippen LogP contribution in [0.5, 0.6) is 0 Å². The zero-order valence-electron chi connectivity index (χ0n) is 26.3. The second kappa shape index (κ2) is 14.5. The molecule has 1 aliphatic heterocycles. The third-order valence-corrected chi connectivity index (χ3v) is 13.1. The van der Waals surface area contributed by atoms with Crippen LogP contribution in [-0.4, -0.2) is 52.2 Å². The van der Waals surface area contributed by atoms with Gasteiger partial charge in [0.15, 0.2) is 0 Å². The molecular formula is C36H45IN3O3S-. The van der Waals surface area contributed by atoms with Crippen molar-refractivity contribution < 1.29 is 34.2 Å². The van der Waals surface area contributed by atoms with Crippen LogP contribution in [0.3, 0.4) is 0 Å². The van der Waals surface area contributed by atoms with Crippen molar-refractivity contribution in [2.24, 2.45) is 0 Å². The topological polar surface area (TPSA) is 64.1 Å². The molecule has 1 heterocycles. The number of halogens is 1. The van der Waals surface area contributed by atoms with Gasteiger partial charge < -0.3 is 0 Å². The van der Waals surface area contributed by atoms with E-state index in [1.807, 2.05) is 18.2 Å². The van der Waals surface area contributed by atoms with Crippen molar-refractivity contribution in [1.29, 1.82) is 0 Å². The Morgan fingerprint density at radius 1 is 0.750 bits per heavy atom. The number of alkyl halides is 1. The van der Waals surface area contributed by atoms with E-state index in [0.717, 1.165) is 79.8 Å². The number of hydrogen-bond donors (Lipinski definition) is 1. The van der Waals surface area contributed by atoms with E-state index in [4.69, 9.17) is 0 Å². The maximum absolute atomic E-state index is 13.3. The molecule has 236 valence electrons. The Bertz CT molecular complexity index is 1650. The molecule has 1 fully saturated rings. The molecule has 4 aromatic carbocycles. The third-order valence-electron chi connectivity index (χ3n) is 8.76. The monoisotopic (exact) mass is 726 g/mol. The first-order valence-corrected chi connectivity index (χ1v) is 19.7. The molecule has 0 spiro atoms. The van der Waals surface area contributed by atoms with Crippen LogP contribution in [-0.2, 0) is 10.1 Å². The molecule has 5 rings (SSSR count). The number of nitrogens with zero attached hydrogens (tertiary/aromatic N) is 3. The number of benzene rings is 4. The van der Waals surface area contributed by atoms with Crippen LogP contribution in [0, 0.1) is 3.57 Å². The van der Waals surface area contributed by atoms with Gasteiger partial charge in [0, 0.05) is 0 Å². The van der Waals surface area contributed by atoms with Gasteiger partial charge in [-0.25, -0.2) is 0 Å². The first-order valence-electron chi connectivity index (χ1n) is 15.9. The summed E-state index contributed by atoms with van der Waals surface area (Å²) < 4.78 is 38.4. The summed E-state index contributed by atoms with van der Waals surface area (Å²) in [5.41, 5.74) is 5.02. The Kier molecular flexibility index (Phi) is 10.7. The molecule has 0 amide bonds. The summed E-state index contributed by atoms with van der Waals surface area (Å²) >= 11 is -0.758. The molecule has 0 saturated carbocycles. The first-order chi connectivity index (χ1) is 21.3. The summed E-state index contributed by atoms with van der Waals surface area (Å²) in [6.45, 7) is 14.1. The van der Waals surface area contributed by atoms with Crippen LogP contribution in [0.1, 0.15) is 62.0 Å². The molecular weight excluding hydrogens is 681 g/mol. The van der Waals surface area contributed by atoms with Crippen LogP contribution in [0.15, 0.2) is 83.8 Å². The van der Waals surface area contributed by atoms with Gasteiger partial charge in [-0.05, 0) is 0 Å². The fraction of sp³-hybridized carbons (Fsp3) is 0.389. The zero-order valence-corrected chi connectivity index (χ0v) is 29.3. The molecule has 0 bridgehead atoms. The fourth-order valence-corrected chi connectivity index (χ4v) is 10.6. The molecule has 0 aliphatic carbocycles. The van der Waals surface area contributed by atoms with Crippen molar-refractivity contribution in [3.63, 3.8) is 0 Å². The van der Waals surface area contributed by atoms with Crippen molar-refractivity contribution in [2.45, 2.75) is 55.8 Å². The number of hydrogen-bond acceptors (Lipinski definition) is 5. The Balaban J connectivity index is 1.71. The molecule has 1 saturated heterocycles. The Labute approximate surface area is 274 Å². The summed E-state index contributed by atoms with van der Waals surface area (Å²) in [4.78, 5) is 6.97. The maximum atomic E-state index is 13.3. The summed E-state index contributed by atoms with van der Waals surface area (Å²) in [5, 5.41) is 1.95. The van der Waals surface area contributed by atoms with Crippen molar-refractivity contribution in [1.82, 2.24) is 0 Å². The predicted octanol–water partition coefficient (Wildman–Crippen LogP) is 4.82. The van der Waals surface area contributed by atoms with Gasteiger partial charge in [0.25, 0.3) is 0 Å². The summed E-state index contributed by atoms with van der Waals surface area (Å²) in [7, 11) is -4.51. The van der Waals surface area contributed by atoms with Gasteiger partial charge in [0.05, 0.1) is 0 Å². The normalized spacial score (nSPS) is 14.6. The van der Waals surface area contributed by atoms with E-state index >= 15 is 0 Å². The Hall–Kier alpha value is -2.82. The average Bonchev–Trinajstić information content (AvgIpc) is 3.05. The van der Waals surface area contributed by atoms with Crippen LogP contribution in [0.4, 0.5) is 17.1 Å². The van der Waals surface area contributed by atoms with E-state index in [2.05, 4.69) is 97.0 Å². The molecule has 1 atom stereocenters. The van der Waals surface area contributed by atoms with Crippen LogP contribution in [0.2, 0.25) is 0 Å². The van der Waals surface area contributed by atoms with E-state index in [1.165, 1.54) is 15.7 Å². The molecule has 0 radical (unpaired) electrons. The molecule has 1 unspecified atom stereocenters. The predicted molar refractivity (Wildman–Crippen MR) is 180 cm³/mol. The minimum absolute atomic E-state index is 0.0362. The van der Waals surface area contributed by atoms with E-state index in [-0.39, 0.29) is 8.82 Å². The molecule has 8 heteroatoms. The van der Waals surface area contributed by atoms with Crippen LogP contribution < -0.4 is 35.9 Å². The van der Waals surface area contributed by atoms with E-state index in [9.17, 15) is 13.0 Å². The molecule has 1 N–H and O–H groups in total. The number of anilines is 3. The van der Waals surface area contributed by atoms with Gasteiger partial charge in [0.2, 0.25) is 0 Å². The minimum atomic E-state index is -4.51. The summed E-state index contributed by atoms with van der Waals surface area (Å²) in [5.74, 6) is 0. The molecule has 44 heavy (non-hydrogen) atoms. The molecule has 4 aromatic rings. The molecule has 6 nitrogen and oxygen atoms in total. The zero-order chi connectivity index (χ0) is 31.3. The SMILES string of the molecule is CCN(CC)c1ccc([I-]C(c2ccc(N(CC)CC)cc2)c2c(S(=O)(=O)O)cc(N3CCCCC3)c3ccccc23)cc1. The number of fused-ring (bicyclic) bond motifs is 1. The van der Waals surface area contributed by atoms with Gasteiger partial charge >= 0.3 is 275 Å². The van der Waals surface area contributed by atoms with Gasteiger partial charge in [-0.3, -0.25) is 0 Å². The van der Waals surface area contributed by atoms with Gasteiger partial charge in [0.1, 0.15) is 0 Å². The number of rotatable bonds is 12. The quantitative estimate of drug-likeness (QED) is 0.129. The Morgan fingerprint density at radius 3 is 1.80 bits per heavy atom. The van der Waals surface area contributed by atoms with Crippen LogP contribution in [0.25, 0.3) is 10.8 Å². The van der Waals surface area contributed by atoms with E-state index < -0.39 is 31.3 Å². The van der Waals surface area contributed by atoms with Gasteiger partial charge in [-0.2, -0.15) is 0 Å². The van der Waals surface area contributed by atoms with Crippen molar-refractivity contribution >= 4 is 38.0 Å². The standard InChI is InChI=1S/C36H45IN3O3S/c1-5-38(6-2)29-20-16-27(17-21-29)36(37-28-18-22-30(23-19-28)39(7-3)8-4)35-32-15-11-10-14-31(32)33(26-34(35)44(41,42)43)40-24-12-9-13-25-40/h10-11,14-23,26,36H,5-9,12-13,24-25H2,1-4H3,(H,41,42,43)/q-1. The van der Waals surface area contributed by atoms with Gasteiger partial charge in [-0.1, -0.05) is 0 Å². The third kappa shape index (κ3) is 7.02. The summed E-state index contributed by atoms with van der Waals surface area (Å²) in [6.07, 6.45) is 3.34. The molecule has 0 aromatic heterocycles. The van der Waals surface area contributed by atoms with Crippen molar-refractivity contribution in [3.05, 3.63) is 93.6 Å². The number of piperidine rings is 1. The second-order valence-corrected chi connectivity index (χ2v) is 15.8. The average molecular weight is 727 g/mol. The van der Waals surface area contributed by atoms with Gasteiger partial charge in [-0.15, -0.1) is 0 Å². The van der Waals surface area contributed by atoms with Crippen LogP contribution >= 0.6 is 0 Å². The van der Waals surface area contributed by atoms with E-state index in [1.54, 1.807) is 6.07 Å². The van der Waals surface area contributed by atoms with Crippen molar-refractivity contribution in [2.75, 3.05) is 54.0 Å². The van der Waals surface area contributed by atoms with E-state index in [0.29, 0.717) is 5.56 Å². The summed E-state index contributed by atoms with van der Waals surface area (Å²) in [6, 6.07) is 27.3. The Morgan fingerprint density at radius 2 is 1.27 bits per heavy atom. The van der Waals surface area contributed by atoms with Crippen molar-refractivity contribution in [3.8, 4) is 0 Å². The second-order valence-electron chi connectivity index (χ2n) is 11.3. The molecule has 1 aliphatic rings. The fourth-order valence-electron chi connectivity index (χ4n) is 6.39. The first kappa shape index (κ1) is 32.6.